The molecular weight excluding hydrogens is 224 g/mol. The van der Waals surface area contributed by atoms with Gasteiger partial charge in [-0.1, -0.05) is 6.92 Å². The minimum absolute atomic E-state index is 0. The molecule has 6 heteroatoms. The van der Waals surface area contributed by atoms with Gasteiger partial charge in [-0.3, -0.25) is 4.79 Å². The van der Waals surface area contributed by atoms with E-state index in [4.69, 9.17) is 0 Å². The molecule has 0 radical (unpaired) electrons. The molecule has 1 amide bonds. The van der Waals surface area contributed by atoms with Crippen LogP contribution in [0.15, 0.2) is 0 Å². The molecule has 0 fully saturated rings. The predicted octanol–water partition coefficient (Wildman–Crippen LogP) is -2.88. The number of nitrogens with zero attached hydrogens (tertiary/aromatic N) is 1. The molecule has 88 valence electrons. The zero-order valence-corrected chi connectivity index (χ0v) is 12.2. The van der Waals surface area contributed by atoms with Gasteiger partial charge in [-0.15, -0.1) is 0 Å². The van der Waals surface area contributed by atoms with E-state index in [1.165, 1.54) is 7.05 Å². The van der Waals surface area contributed by atoms with Crippen molar-refractivity contribution in [3.63, 3.8) is 0 Å². The number of aliphatic carboxylic acids is 1. The number of hydrogen-bond donors (Lipinski definition) is 0. The second kappa shape index (κ2) is 10.1. The first kappa shape index (κ1) is 18.2. The van der Waals surface area contributed by atoms with Crippen molar-refractivity contribution in [2.75, 3.05) is 13.6 Å². The van der Waals surface area contributed by atoms with Crippen LogP contribution >= 0.6 is 0 Å². The summed E-state index contributed by atoms with van der Waals surface area (Å²) < 4.78 is 12.8. The average Bonchev–Trinajstić information content (AvgIpc) is 2.16. The molecule has 0 bridgehead atoms. The first-order valence-corrected chi connectivity index (χ1v) is 5.05. The fraction of sp³-hybridized carbons (Fsp3) is 0.800. The van der Waals surface area contributed by atoms with E-state index < -0.39 is 18.7 Å². The molecule has 0 aromatic carbocycles. The normalized spacial score (nSPS) is 11.4. The number of likely N-dealkylation sites (N-methyl/N-ethyl adjacent to an activating group) is 1. The Morgan fingerprint density at radius 3 is 2.44 bits per heavy atom. The van der Waals surface area contributed by atoms with Crippen LogP contribution in [-0.4, -0.2) is 36.5 Å². The van der Waals surface area contributed by atoms with Crippen LogP contribution in [0.2, 0.25) is 0 Å². The monoisotopic (exact) mass is 241 g/mol. The Bertz CT molecular complexity index is 226. The van der Waals surface area contributed by atoms with Gasteiger partial charge in [0, 0.05) is 13.5 Å². The van der Waals surface area contributed by atoms with Crippen LogP contribution in [0.1, 0.15) is 32.6 Å². The number of carbonyl (C=O) groups is 2. The van der Waals surface area contributed by atoms with Crippen molar-refractivity contribution in [1.82, 2.24) is 4.90 Å². The van der Waals surface area contributed by atoms with E-state index in [-0.39, 0.29) is 41.9 Å². The van der Waals surface area contributed by atoms with Gasteiger partial charge < -0.3 is 14.8 Å². The standard InChI is InChI=1S/C10H18FNO3.Na/c1-3-8(11)5-4-6-9(13)12(2)7-10(14)15;/h8H,3-7H2,1-2H3,(H,14,15);/q;+1/p-1. The zero-order chi connectivity index (χ0) is 11.8. The van der Waals surface area contributed by atoms with Crippen molar-refractivity contribution in [1.29, 1.82) is 0 Å². The third-order valence-electron chi connectivity index (χ3n) is 2.14. The van der Waals surface area contributed by atoms with Crippen LogP contribution in [0.5, 0.6) is 0 Å². The molecule has 16 heavy (non-hydrogen) atoms. The Labute approximate surface area is 117 Å². The van der Waals surface area contributed by atoms with Crippen LogP contribution in [0, 0.1) is 0 Å². The van der Waals surface area contributed by atoms with Gasteiger partial charge in [0.05, 0.1) is 18.7 Å². The second-order valence-electron chi connectivity index (χ2n) is 3.52. The number of carbonyl (C=O) groups excluding carboxylic acids is 2. The fourth-order valence-corrected chi connectivity index (χ4v) is 1.15. The molecule has 0 N–H and O–H groups in total. The third-order valence-corrected chi connectivity index (χ3v) is 2.14. The molecule has 0 aliphatic carbocycles. The zero-order valence-electron chi connectivity index (χ0n) is 10.2. The maximum Gasteiger partial charge on any atom is 1.00 e. The molecule has 0 aliphatic heterocycles. The molecule has 0 saturated heterocycles. The number of carboxylic acid groups (broad SMARTS) is 1. The van der Waals surface area contributed by atoms with Gasteiger partial charge in [-0.05, 0) is 19.3 Å². The summed E-state index contributed by atoms with van der Waals surface area (Å²) >= 11 is 0. The van der Waals surface area contributed by atoms with E-state index >= 15 is 0 Å². The quantitative estimate of drug-likeness (QED) is 0.450. The minimum Gasteiger partial charge on any atom is -0.548 e. The fourth-order valence-electron chi connectivity index (χ4n) is 1.15. The summed E-state index contributed by atoms with van der Waals surface area (Å²) in [6.45, 7) is 1.33. The van der Waals surface area contributed by atoms with Crippen LogP contribution in [0.3, 0.4) is 0 Å². The Kier molecular flexibility index (Phi) is 11.5. The molecule has 0 spiro atoms. The van der Waals surface area contributed by atoms with Crippen LogP contribution < -0.4 is 34.7 Å². The number of alkyl halides is 1. The maximum absolute atomic E-state index is 12.8. The van der Waals surface area contributed by atoms with Crippen molar-refractivity contribution >= 4 is 11.9 Å². The van der Waals surface area contributed by atoms with Crippen molar-refractivity contribution < 1.29 is 48.6 Å². The van der Waals surface area contributed by atoms with Crippen LogP contribution in [-0.2, 0) is 9.59 Å². The number of hydrogen-bond acceptors (Lipinski definition) is 3. The SMILES string of the molecule is CCC(F)CCCC(=O)N(C)CC(=O)[O-].[Na+]. The average molecular weight is 241 g/mol. The third kappa shape index (κ3) is 9.12. The molecule has 0 heterocycles. The van der Waals surface area contributed by atoms with Gasteiger partial charge >= 0.3 is 29.6 Å². The predicted molar refractivity (Wildman–Crippen MR) is 51.7 cm³/mol. The molecule has 0 rings (SSSR count). The largest absolute Gasteiger partial charge is 1.00 e. The molecule has 1 atom stereocenters. The molecule has 4 nitrogen and oxygen atoms in total. The molecule has 1 unspecified atom stereocenters. The summed E-state index contributed by atoms with van der Waals surface area (Å²) in [6.07, 6.45) is 0.559. The summed E-state index contributed by atoms with van der Waals surface area (Å²) in [5, 5.41) is 10.2. The number of rotatable bonds is 7. The van der Waals surface area contributed by atoms with Gasteiger partial charge in [0.15, 0.2) is 0 Å². The number of halogens is 1. The van der Waals surface area contributed by atoms with Crippen molar-refractivity contribution in [3.05, 3.63) is 0 Å². The molecule has 0 aliphatic rings. The first-order chi connectivity index (χ1) is 6.97. The Morgan fingerprint density at radius 1 is 1.44 bits per heavy atom. The molecule has 0 aromatic heterocycles. The van der Waals surface area contributed by atoms with Crippen molar-refractivity contribution in [3.8, 4) is 0 Å². The second-order valence-corrected chi connectivity index (χ2v) is 3.52. The van der Waals surface area contributed by atoms with Gasteiger partial charge in [0.1, 0.15) is 0 Å². The maximum atomic E-state index is 12.8. The van der Waals surface area contributed by atoms with Crippen molar-refractivity contribution in [2.45, 2.75) is 38.8 Å². The van der Waals surface area contributed by atoms with E-state index in [2.05, 4.69) is 0 Å². The molecule has 0 saturated carbocycles. The Hall–Kier alpha value is -0.130. The summed E-state index contributed by atoms with van der Waals surface area (Å²) in [7, 11) is 1.39. The number of amides is 1. The first-order valence-electron chi connectivity index (χ1n) is 5.05. The van der Waals surface area contributed by atoms with Gasteiger partial charge in [-0.25, -0.2) is 4.39 Å². The number of carboxylic acids is 1. The minimum atomic E-state index is -1.29. The Morgan fingerprint density at radius 2 is 2.00 bits per heavy atom. The van der Waals surface area contributed by atoms with E-state index in [1.807, 2.05) is 0 Å². The van der Waals surface area contributed by atoms with E-state index in [9.17, 15) is 19.1 Å². The Balaban J connectivity index is 0. The van der Waals surface area contributed by atoms with Crippen molar-refractivity contribution in [2.24, 2.45) is 0 Å². The smallest absolute Gasteiger partial charge is 0.548 e. The summed E-state index contributed by atoms with van der Waals surface area (Å²) in [6, 6.07) is 0. The topological polar surface area (TPSA) is 60.4 Å². The summed E-state index contributed by atoms with van der Waals surface area (Å²) in [5.74, 6) is -1.58. The molecular formula is C10H17FNNaO3. The van der Waals surface area contributed by atoms with Crippen LogP contribution in [0.4, 0.5) is 4.39 Å². The summed E-state index contributed by atoms with van der Waals surface area (Å²) in [5.41, 5.74) is 0. The summed E-state index contributed by atoms with van der Waals surface area (Å²) in [4.78, 5) is 22.5. The van der Waals surface area contributed by atoms with Gasteiger partial charge in [-0.2, -0.15) is 0 Å². The van der Waals surface area contributed by atoms with Gasteiger partial charge in [0.25, 0.3) is 0 Å². The van der Waals surface area contributed by atoms with E-state index in [0.717, 1.165) is 4.90 Å². The molecule has 0 aromatic rings. The van der Waals surface area contributed by atoms with E-state index in [1.54, 1.807) is 6.92 Å². The van der Waals surface area contributed by atoms with E-state index in [0.29, 0.717) is 19.3 Å². The van der Waals surface area contributed by atoms with Gasteiger partial charge in [0.2, 0.25) is 5.91 Å². The van der Waals surface area contributed by atoms with Crippen LogP contribution in [0.25, 0.3) is 0 Å².